The van der Waals surface area contributed by atoms with Crippen molar-refractivity contribution < 1.29 is 26.7 Å². The molecule has 9 heteroatoms. The molecule has 4 aromatic rings. The second kappa shape index (κ2) is 7.83. The summed E-state index contributed by atoms with van der Waals surface area (Å²) in [6, 6.07) is 19.3. The molecule has 4 rings (SSSR count). The maximum absolute atomic E-state index is 14.1. The van der Waals surface area contributed by atoms with Crippen LogP contribution in [0.1, 0.15) is 5.69 Å². The van der Waals surface area contributed by atoms with Crippen molar-refractivity contribution in [2.75, 3.05) is 6.26 Å². The molecule has 0 bridgehead atoms. The fourth-order valence-electron chi connectivity index (χ4n) is 3.40. The van der Waals surface area contributed by atoms with E-state index in [1.54, 1.807) is 30.3 Å². The number of alkyl halides is 3. The molecular formula is C23H17F3N2O3S. The van der Waals surface area contributed by atoms with Crippen molar-refractivity contribution in [3.05, 3.63) is 84.6 Å². The Bertz CT molecular complexity index is 1360. The van der Waals surface area contributed by atoms with E-state index < -0.39 is 21.7 Å². The van der Waals surface area contributed by atoms with Crippen molar-refractivity contribution in [1.29, 1.82) is 0 Å². The first kappa shape index (κ1) is 21.6. The van der Waals surface area contributed by atoms with Crippen molar-refractivity contribution in [2.24, 2.45) is 0 Å². The molecule has 0 unspecified atom stereocenters. The van der Waals surface area contributed by atoms with Crippen LogP contribution in [0, 0.1) is 0 Å². The van der Waals surface area contributed by atoms with Gasteiger partial charge in [0.1, 0.15) is 5.75 Å². The molecular weight excluding hydrogens is 441 g/mol. The number of para-hydroxylation sites is 1. The van der Waals surface area contributed by atoms with E-state index in [2.05, 4.69) is 5.10 Å². The van der Waals surface area contributed by atoms with Crippen LogP contribution in [-0.4, -0.2) is 29.6 Å². The molecule has 0 saturated heterocycles. The van der Waals surface area contributed by atoms with Crippen LogP contribution in [0.5, 0.6) is 5.75 Å². The summed E-state index contributed by atoms with van der Waals surface area (Å²) in [7, 11) is -3.48. The average molecular weight is 458 g/mol. The number of aromatic hydroxyl groups is 1. The summed E-state index contributed by atoms with van der Waals surface area (Å²) in [6.45, 7) is 0. The van der Waals surface area contributed by atoms with Gasteiger partial charge in [0, 0.05) is 17.4 Å². The number of rotatable bonds is 4. The largest absolute Gasteiger partial charge is 0.508 e. The van der Waals surface area contributed by atoms with E-state index in [1.165, 1.54) is 53.2 Å². The molecule has 0 aliphatic heterocycles. The standard InChI is InChI=1S/C23H17F3N2O3S/c1-32(30,31)19-13-9-16(10-14-19)21-20(15-7-11-18(29)12-8-15)22(23(24,25)26)27-28(21)17-5-3-2-4-6-17/h2-14,29H,1H3. The molecule has 3 aromatic carbocycles. The van der Waals surface area contributed by atoms with Gasteiger partial charge in [0.2, 0.25) is 0 Å². The summed E-state index contributed by atoms with van der Waals surface area (Å²) in [5.74, 6) is -0.0863. The summed E-state index contributed by atoms with van der Waals surface area (Å²) in [5, 5.41) is 13.5. The molecule has 1 aromatic heterocycles. The molecule has 0 aliphatic rings. The Hall–Kier alpha value is -3.59. The van der Waals surface area contributed by atoms with Crippen molar-refractivity contribution in [1.82, 2.24) is 9.78 Å². The smallest absolute Gasteiger partial charge is 0.435 e. The van der Waals surface area contributed by atoms with Crippen LogP contribution in [0.15, 0.2) is 83.8 Å². The van der Waals surface area contributed by atoms with Crippen LogP contribution in [0.3, 0.4) is 0 Å². The third-order valence-corrected chi connectivity index (χ3v) is 6.00. The maximum Gasteiger partial charge on any atom is 0.435 e. The number of aromatic nitrogens is 2. The highest BCUT2D eigenvalue weighted by molar-refractivity contribution is 7.90. The first-order valence-electron chi connectivity index (χ1n) is 9.41. The highest BCUT2D eigenvalue weighted by Gasteiger charge is 2.40. The lowest BCUT2D eigenvalue weighted by molar-refractivity contribution is -0.140. The molecule has 0 spiro atoms. The Balaban J connectivity index is 2.07. The van der Waals surface area contributed by atoms with Crippen LogP contribution in [0.25, 0.3) is 28.1 Å². The Morgan fingerprint density at radius 1 is 0.844 bits per heavy atom. The van der Waals surface area contributed by atoms with Gasteiger partial charge in [-0.15, -0.1) is 0 Å². The maximum atomic E-state index is 14.1. The van der Waals surface area contributed by atoms with Gasteiger partial charge in [-0.1, -0.05) is 42.5 Å². The number of nitrogens with zero attached hydrogens (tertiary/aromatic N) is 2. The Morgan fingerprint density at radius 3 is 1.94 bits per heavy atom. The zero-order chi connectivity index (χ0) is 23.1. The van der Waals surface area contributed by atoms with Gasteiger partial charge in [-0.2, -0.15) is 18.3 Å². The number of benzene rings is 3. The van der Waals surface area contributed by atoms with Crippen LogP contribution < -0.4 is 0 Å². The molecule has 0 saturated carbocycles. The number of phenolic OH excluding ortho intramolecular Hbond substituents is 1. The minimum Gasteiger partial charge on any atom is -0.508 e. The molecule has 1 N–H and O–H groups in total. The van der Waals surface area contributed by atoms with E-state index in [0.717, 1.165) is 6.26 Å². The van der Waals surface area contributed by atoms with E-state index in [4.69, 9.17) is 0 Å². The van der Waals surface area contributed by atoms with Crippen molar-refractivity contribution in [3.63, 3.8) is 0 Å². The predicted octanol–water partition coefficient (Wildman–Crippen LogP) is 5.33. The Labute approximate surface area is 182 Å². The molecule has 32 heavy (non-hydrogen) atoms. The normalized spacial score (nSPS) is 12.1. The first-order chi connectivity index (χ1) is 15.1. The van der Waals surface area contributed by atoms with Gasteiger partial charge in [-0.25, -0.2) is 13.1 Å². The van der Waals surface area contributed by atoms with Crippen molar-refractivity contribution in [2.45, 2.75) is 11.1 Å². The molecule has 0 amide bonds. The molecule has 0 fully saturated rings. The van der Waals surface area contributed by atoms with Gasteiger partial charge in [-0.3, -0.25) is 0 Å². The minimum atomic E-state index is -4.76. The summed E-state index contributed by atoms with van der Waals surface area (Å²) in [4.78, 5) is 0.0502. The second-order valence-corrected chi connectivity index (χ2v) is 9.18. The number of hydrogen-bond donors (Lipinski definition) is 1. The van der Waals surface area contributed by atoms with Gasteiger partial charge in [-0.05, 0) is 42.0 Å². The average Bonchev–Trinajstić information content (AvgIpc) is 3.15. The molecule has 0 atom stereocenters. The molecule has 164 valence electrons. The zero-order valence-corrected chi connectivity index (χ0v) is 17.5. The summed E-state index contributed by atoms with van der Waals surface area (Å²) < 4.78 is 67.0. The van der Waals surface area contributed by atoms with E-state index >= 15 is 0 Å². The summed E-state index contributed by atoms with van der Waals surface area (Å²) in [5.41, 5.74) is -0.144. The SMILES string of the molecule is CS(=O)(=O)c1ccc(-c2c(-c3ccc(O)cc3)c(C(F)(F)F)nn2-c2ccccc2)cc1. The molecule has 1 heterocycles. The lowest BCUT2D eigenvalue weighted by Gasteiger charge is -2.12. The van der Waals surface area contributed by atoms with E-state index in [0.29, 0.717) is 11.3 Å². The number of hydrogen-bond acceptors (Lipinski definition) is 4. The Morgan fingerprint density at radius 2 is 1.41 bits per heavy atom. The highest BCUT2D eigenvalue weighted by Crippen LogP contribution is 2.43. The van der Waals surface area contributed by atoms with Crippen LogP contribution in [0.2, 0.25) is 0 Å². The Kier molecular flexibility index (Phi) is 5.29. The van der Waals surface area contributed by atoms with Gasteiger partial charge in [0.05, 0.1) is 16.3 Å². The number of phenols is 1. The van der Waals surface area contributed by atoms with Crippen LogP contribution in [-0.2, 0) is 16.0 Å². The van der Waals surface area contributed by atoms with Crippen LogP contribution in [0.4, 0.5) is 13.2 Å². The van der Waals surface area contributed by atoms with Gasteiger partial charge in [0.25, 0.3) is 0 Å². The van der Waals surface area contributed by atoms with Crippen LogP contribution >= 0.6 is 0 Å². The molecule has 0 aliphatic carbocycles. The van der Waals surface area contributed by atoms with Crippen molar-refractivity contribution >= 4 is 9.84 Å². The topological polar surface area (TPSA) is 72.2 Å². The van der Waals surface area contributed by atoms with Gasteiger partial charge < -0.3 is 5.11 Å². The van der Waals surface area contributed by atoms with E-state index in [9.17, 15) is 26.7 Å². The molecule has 5 nitrogen and oxygen atoms in total. The van der Waals surface area contributed by atoms with Crippen molar-refractivity contribution in [3.8, 4) is 33.8 Å². The predicted molar refractivity (Wildman–Crippen MR) is 114 cm³/mol. The minimum absolute atomic E-state index is 0.0502. The molecule has 0 radical (unpaired) electrons. The van der Waals surface area contributed by atoms with E-state index in [1.807, 2.05) is 0 Å². The van der Waals surface area contributed by atoms with E-state index in [-0.39, 0.29) is 27.5 Å². The fourth-order valence-corrected chi connectivity index (χ4v) is 4.03. The zero-order valence-electron chi connectivity index (χ0n) is 16.7. The quantitative estimate of drug-likeness (QED) is 0.449. The lowest BCUT2D eigenvalue weighted by Crippen LogP contribution is -2.08. The number of sulfone groups is 1. The number of halogens is 3. The second-order valence-electron chi connectivity index (χ2n) is 7.16. The third-order valence-electron chi connectivity index (χ3n) is 4.87. The monoisotopic (exact) mass is 458 g/mol. The van der Waals surface area contributed by atoms with Gasteiger partial charge in [0.15, 0.2) is 15.5 Å². The summed E-state index contributed by atoms with van der Waals surface area (Å²) in [6.07, 6.45) is -3.70. The van der Waals surface area contributed by atoms with Gasteiger partial charge >= 0.3 is 6.18 Å². The fraction of sp³-hybridized carbons (Fsp3) is 0.0870. The lowest BCUT2D eigenvalue weighted by atomic mass is 9.98. The highest BCUT2D eigenvalue weighted by atomic mass is 32.2. The summed E-state index contributed by atoms with van der Waals surface area (Å²) >= 11 is 0. The first-order valence-corrected chi connectivity index (χ1v) is 11.3. The third kappa shape index (κ3) is 4.11.